The first kappa shape index (κ1) is 13.6. The lowest BCUT2D eigenvalue weighted by Gasteiger charge is -2.09. The zero-order valence-electron chi connectivity index (χ0n) is 10.6. The first-order valence-electron chi connectivity index (χ1n) is 5.75. The van der Waals surface area contributed by atoms with E-state index in [9.17, 15) is 4.79 Å². The Labute approximate surface area is 120 Å². The number of hydrogen-bond donors (Lipinski definition) is 1. The summed E-state index contributed by atoms with van der Waals surface area (Å²) in [5.74, 6) is 0.374. The fraction of sp³-hybridized carbons (Fsp3) is 0.133. The van der Waals surface area contributed by atoms with Gasteiger partial charge in [-0.1, -0.05) is 6.07 Å². The maximum Gasteiger partial charge on any atom is 0.336 e. The molecule has 0 atom stereocenters. The Balaban J connectivity index is 2.28. The number of aromatic carboxylic acids is 1. The molecule has 0 aromatic heterocycles. The molecule has 0 spiro atoms. The maximum absolute atomic E-state index is 10.9. The molecule has 2 rings (SSSR count). The minimum absolute atomic E-state index is 0.216. The molecule has 3 nitrogen and oxygen atoms in total. The summed E-state index contributed by atoms with van der Waals surface area (Å²) in [7, 11) is 0. The van der Waals surface area contributed by atoms with Crippen molar-refractivity contribution in [2.24, 2.45) is 0 Å². The summed E-state index contributed by atoms with van der Waals surface area (Å²) in [6.07, 6.45) is 0. The van der Waals surface area contributed by atoms with Gasteiger partial charge in [-0.25, -0.2) is 4.79 Å². The molecule has 1 N–H and O–H groups in total. The number of carboxylic acid groups (broad SMARTS) is 1. The van der Waals surface area contributed by atoms with Crippen molar-refractivity contribution in [3.63, 3.8) is 0 Å². The lowest BCUT2D eigenvalue weighted by Crippen LogP contribution is -1.97. The number of aryl methyl sites for hydroxylation is 2. The van der Waals surface area contributed by atoms with Crippen LogP contribution in [-0.2, 0) is 0 Å². The molecule has 98 valence electrons. The molecule has 0 unspecified atom stereocenters. The van der Waals surface area contributed by atoms with E-state index in [2.05, 4.69) is 22.0 Å². The molecule has 19 heavy (non-hydrogen) atoms. The molecule has 0 aliphatic rings. The smallest absolute Gasteiger partial charge is 0.336 e. The second kappa shape index (κ2) is 5.45. The van der Waals surface area contributed by atoms with Crippen molar-refractivity contribution in [1.29, 1.82) is 0 Å². The van der Waals surface area contributed by atoms with Crippen molar-refractivity contribution in [3.05, 3.63) is 57.6 Å². The minimum Gasteiger partial charge on any atom is -0.478 e. The average Bonchev–Trinajstić information content (AvgIpc) is 2.26. The molecule has 4 heteroatoms. The monoisotopic (exact) mass is 320 g/mol. The Morgan fingerprint density at radius 2 is 1.68 bits per heavy atom. The highest BCUT2D eigenvalue weighted by Crippen LogP contribution is 2.28. The van der Waals surface area contributed by atoms with Crippen molar-refractivity contribution in [3.8, 4) is 11.5 Å². The summed E-state index contributed by atoms with van der Waals surface area (Å²) in [5, 5.41) is 8.95. The van der Waals surface area contributed by atoms with Crippen LogP contribution in [0, 0.1) is 13.8 Å². The van der Waals surface area contributed by atoms with Crippen LogP contribution in [-0.4, -0.2) is 11.1 Å². The van der Waals surface area contributed by atoms with Gasteiger partial charge in [-0.2, -0.15) is 0 Å². The molecule has 0 bridgehead atoms. The molecular weight excluding hydrogens is 308 g/mol. The largest absolute Gasteiger partial charge is 0.478 e. The summed E-state index contributed by atoms with van der Waals surface area (Å²) in [5.41, 5.74) is 2.46. The van der Waals surface area contributed by atoms with Crippen LogP contribution in [0.3, 0.4) is 0 Å². The predicted molar refractivity (Wildman–Crippen MR) is 77.1 cm³/mol. The Bertz CT molecular complexity index is 615. The topological polar surface area (TPSA) is 46.5 Å². The normalized spacial score (nSPS) is 10.3. The summed E-state index contributed by atoms with van der Waals surface area (Å²) in [4.78, 5) is 10.9. The first-order valence-corrected chi connectivity index (χ1v) is 6.54. The number of carbonyl (C=O) groups is 1. The number of benzene rings is 2. The molecule has 2 aromatic carbocycles. The van der Waals surface area contributed by atoms with E-state index < -0.39 is 5.97 Å². The molecule has 0 fully saturated rings. The molecule has 2 aromatic rings. The lowest BCUT2D eigenvalue weighted by molar-refractivity contribution is 0.0696. The molecule has 0 radical (unpaired) electrons. The Morgan fingerprint density at radius 1 is 1.05 bits per heavy atom. The van der Waals surface area contributed by atoms with Gasteiger partial charge in [0.05, 0.1) is 5.56 Å². The van der Waals surface area contributed by atoms with Gasteiger partial charge in [0.25, 0.3) is 0 Å². The van der Waals surface area contributed by atoms with Crippen LogP contribution < -0.4 is 4.74 Å². The lowest BCUT2D eigenvalue weighted by atomic mass is 10.1. The average molecular weight is 321 g/mol. The van der Waals surface area contributed by atoms with Crippen LogP contribution in [0.4, 0.5) is 0 Å². The van der Waals surface area contributed by atoms with Crippen molar-refractivity contribution < 1.29 is 14.6 Å². The highest BCUT2D eigenvalue weighted by molar-refractivity contribution is 9.10. The molecule has 0 aliphatic heterocycles. The third-order valence-corrected chi connectivity index (χ3v) is 3.26. The van der Waals surface area contributed by atoms with E-state index in [-0.39, 0.29) is 5.56 Å². The highest BCUT2D eigenvalue weighted by Gasteiger charge is 2.09. The maximum atomic E-state index is 10.9. The number of halogens is 1. The van der Waals surface area contributed by atoms with Crippen LogP contribution in [0.2, 0.25) is 0 Å². The number of carboxylic acids is 1. The standard InChI is InChI=1S/C15H13BrO3/c1-9-5-10(2)7-12(6-9)19-11-3-4-13(15(17)18)14(16)8-11/h3-8H,1-2H3,(H,17,18). The van der Waals surface area contributed by atoms with Gasteiger partial charge in [0, 0.05) is 4.47 Å². The van der Waals surface area contributed by atoms with Gasteiger partial charge in [0.15, 0.2) is 0 Å². The fourth-order valence-corrected chi connectivity index (χ4v) is 2.39. The molecule has 0 heterocycles. The van der Waals surface area contributed by atoms with Gasteiger partial charge < -0.3 is 9.84 Å². The SMILES string of the molecule is Cc1cc(C)cc(Oc2ccc(C(=O)O)c(Br)c2)c1. The van der Waals surface area contributed by atoms with Crippen molar-refractivity contribution in [1.82, 2.24) is 0 Å². The van der Waals surface area contributed by atoms with E-state index in [4.69, 9.17) is 9.84 Å². The fourth-order valence-electron chi connectivity index (χ4n) is 1.86. The quantitative estimate of drug-likeness (QED) is 0.902. The number of hydrogen-bond acceptors (Lipinski definition) is 2. The van der Waals surface area contributed by atoms with Gasteiger partial charge in [-0.3, -0.25) is 0 Å². The molecule has 0 amide bonds. The third kappa shape index (κ3) is 3.35. The van der Waals surface area contributed by atoms with Gasteiger partial charge in [0.1, 0.15) is 11.5 Å². The Kier molecular flexibility index (Phi) is 3.90. The van der Waals surface area contributed by atoms with Gasteiger partial charge in [-0.05, 0) is 71.2 Å². The van der Waals surface area contributed by atoms with Crippen LogP contribution in [0.1, 0.15) is 21.5 Å². The zero-order valence-corrected chi connectivity index (χ0v) is 12.2. The molecule has 0 saturated heterocycles. The first-order chi connectivity index (χ1) is 8.95. The van der Waals surface area contributed by atoms with E-state index in [1.165, 1.54) is 6.07 Å². The predicted octanol–water partition coefficient (Wildman–Crippen LogP) is 4.56. The van der Waals surface area contributed by atoms with E-state index in [0.29, 0.717) is 10.2 Å². The van der Waals surface area contributed by atoms with Crippen molar-refractivity contribution in [2.45, 2.75) is 13.8 Å². The minimum atomic E-state index is -0.968. The van der Waals surface area contributed by atoms with Gasteiger partial charge >= 0.3 is 5.97 Å². The second-order valence-electron chi connectivity index (χ2n) is 4.37. The number of rotatable bonds is 3. The van der Waals surface area contributed by atoms with E-state index in [1.807, 2.05) is 26.0 Å². The molecule has 0 aliphatic carbocycles. The summed E-state index contributed by atoms with van der Waals surface area (Å²) in [6, 6.07) is 10.8. The van der Waals surface area contributed by atoms with E-state index in [0.717, 1.165) is 16.9 Å². The van der Waals surface area contributed by atoms with Gasteiger partial charge in [-0.15, -0.1) is 0 Å². The van der Waals surface area contributed by atoms with Crippen LogP contribution in [0.25, 0.3) is 0 Å². The second-order valence-corrected chi connectivity index (χ2v) is 5.23. The Hall–Kier alpha value is -1.81. The summed E-state index contributed by atoms with van der Waals surface area (Å²) < 4.78 is 6.23. The number of ether oxygens (including phenoxy) is 1. The van der Waals surface area contributed by atoms with Crippen molar-refractivity contribution in [2.75, 3.05) is 0 Å². The third-order valence-electron chi connectivity index (χ3n) is 2.60. The van der Waals surface area contributed by atoms with Crippen LogP contribution >= 0.6 is 15.9 Å². The van der Waals surface area contributed by atoms with Crippen LogP contribution in [0.15, 0.2) is 40.9 Å². The summed E-state index contributed by atoms with van der Waals surface area (Å²) >= 11 is 3.23. The van der Waals surface area contributed by atoms with Gasteiger partial charge in [0.2, 0.25) is 0 Å². The highest BCUT2D eigenvalue weighted by atomic mass is 79.9. The van der Waals surface area contributed by atoms with E-state index >= 15 is 0 Å². The Morgan fingerprint density at radius 3 is 2.21 bits per heavy atom. The summed E-state index contributed by atoms with van der Waals surface area (Å²) in [6.45, 7) is 4.01. The molecular formula is C15H13BrO3. The zero-order chi connectivity index (χ0) is 14.0. The van der Waals surface area contributed by atoms with E-state index in [1.54, 1.807) is 12.1 Å². The molecule has 0 saturated carbocycles. The van der Waals surface area contributed by atoms with Crippen LogP contribution in [0.5, 0.6) is 11.5 Å². The van der Waals surface area contributed by atoms with Crippen molar-refractivity contribution >= 4 is 21.9 Å².